The van der Waals surface area contributed by atoms with Crippen LogP contribution in [0.25, 0.3) is 0 Å². The molecule has 0 aromatic carbocycles. The zero-order valence-corrected chi connectivity index (χ0v) is 54.0. The minimum Gasteiger partial charge on any atom is -0.391 e. The van der Waals surface area contributed by atoms with E-state index in [0.717, 1.165) is 70.6 Å². The number of hydrogen-bond donors (Lipinski definition) is 3. The molecule has 3 N–H and O–H groups in total. The number of carbonyl (C=O) groups excluding carboxylic acids is 1. The summed E-state index contributed by atoms with van der Waals surface area (Å²) in [4.78, 5) is 23.4. The minimum absolute atomic E-state index is 0.0755. The van der Waals surface area contributed by atoms with Crippen LogP contribution in [0.2, 0.25) is 0 Å². The normalized spacial score (nSPS) is 14.1. The van der Waals surface area contributed by atoms with Crippen molar-refractivity contribution in [2.45, 2.75) is 341 Å². The lowest BCUT2D eigenvalue weighted by Gasteiger charge is -2.26. The summed E-state index contributed by atoms with van der Waals surface area (Å²) in [6.07, 6.45) is 83.1. The first-order valence-corrected chi connectivity index (χ1v) is 35.6. The number of aliphatic hydroxyl groups is 1. The Morgan fingerprint density at radius 3 is 1.11 bits per heavy atom. The molecule has 1 amide bonds. The maximum absolute atomic E-state index is 13.1. The molecule has 0 saturated heterocycles. The first kappa shape index (κ1) is 77.2. The quantitative estimate of drug-likeness (QED) is 0.0243. The molecule has 0 radical (unpaired) electrons. The number of allylic oxidation sites excluding steroid dienone is 10. The molecule has 9 heteroatoms. The maximum Gasteiger partial charge on any atom is 0.472 e. The topological polar surface area (TPSA) is 105 Å². The monoisotopic (exact) mass is 1130 g/mol. The van der Waals surface area contributed by atoms with Gasteiger partial charge < -0.3 is 19.8 Å². The van der Waals surface area contributed by atoms with Crippen LogP contribution in [-0.2, 0) is 18.4 Å². The second-order valence-corrected chi connectivity index (χ2v) is 26.0. The number of carbonyl (C=O) groups is 1. The summed E-state index contributed by atoms with van der Waals surface area (Å²) in [7, 11) is 1.63. The third-order valence-electron chi connectivity index (χ3n) is 15.5. The van der Waals surface area contributed by atoms with E-state index in [2.05, 4.69) is 79.9 Å². The van der Waals surface area contributed by atoms with Gasteiger partial charge in [-0.1, -0.05) is 325 Å². The number of phosphoric ester groups is 1. The van der Waals surface area contributed by atoms with Crippen molar-refractivity contribution in [3.8, 4) is 0 Å². The average Bonchev–Trinajstić information content (AvgIpc) is 3.42. The Bertz CT molecular complexity index is 1470. The second kappa shape index (κ2) is 60.8. The number of rotatable bonds is 63. The Kier molecular flexibility index (Phi) is 59.4. The third kappa shape index (κ3) is 63.6. The van der Waals surface area contributed by atoms with Gasteiger partial charge in [-0.05, 0) is 57.8 Å². The number of quaternary nitrogens is 1. The van der Waals surface area contributed by atoms with E-state index in [-0.39, 0.29) is 19.1 Å². The van der Waals surface area contributed by atoms with Crippen LogP contribution in [0, 0.1) is 0 Å². The van der Waals surface area contributed by atoms with Gasteiger partial charge >= 0.3 is 7.82 Å². The van der Waals surface area contributed by atoms with Crippen molar-refractivity contribution in [1.29, 1.82) is 0 Å². The summed E-state index contributed by atoms with van der Waals surface area (Å²) in [5, 5.41) is 14.1. The summed E-state index contributed by atoms with van der Waals surface area (Å²) in [5.41, 5.74) is 0. The molecule has 0 aliphatic carbocycles. The molecule has 0 bridgehead atoms. The molecule has 0 aliphatic rings. The number of nitrogens with zero attached hydrogens (tertiary/aromatic N) is 1. The zero-order valence-electron chi connectivity index (χ0n) is 53.1. The van der Waals surface area contributed by atoms with Crippen molar-refractivity contribution in [2.75, 3.05) is 40.9 Å². The van der Waals surface area contributed by atoms with Crippen LogP contribution in [0.5, 0.6) is 0 Å². The van der Waals surface area contributed by atoms with Crippen LogP contribution < -0.4 is 5.32 Å². The third-order valence-corrected chi connectivity index (χ3v) is 16.5. The fourth-order valence-electron chi connectivity index (χ4n) is 10.3. The highest BCUT2D eigenvalue weighted by molar-refractivity contribution is 7.47. The number of phosphoric acid groups is 1. The van der Waals surface area contributed by atoms with Gasteiger partial charge in [-0.2, -0.15) is 0 Å². The van der Waals surface area contributed by atoms with E-state index in [1.54, 1.807) is 0 Å². The fraction of sp³-hybridized carbons (Fsp3) is 0.843. The van der Waals surface area contributed by atoms with Crippen LogP contribution >= 0.6 is 7.82 Å². The van der Waals surface area contributed by atoms with Crippen molar-refractivity contribution in [3.63, 3.8) is 0 Å². The zero-order chi connectivity index (χ0) is 57.7. The number of nitrogens with one attached hydrogen (secondary N) is 1. The molecule has 3 atom stereocenters. The van der Waals surface area contributed by atoms with Crippen LogP contribution in [0.4, 0.5) is 0 Å². The molecule has 464 valence electrons. The van der Waals surface area contributed by atoms with Gasteiger partial charge in [0.05, 0.1) is 39.9 Å². The van der Waals surface area contributed by atoms with Crippen molar-refractivity contribution >= 4 is 13.7 Å². The molecule has 0 fully saturated rings. The van der Waals surface area contributed by atoms with Crippen molar-refractivity contribution in [3.05, 3.63) is 60.8 Å². The summed E-state index contributed by atoms with van der Waals surface area (Å²) >= 11 is 0. The predicted molar refractivity (Wildman–Crippen MR) is 346 cm³/mol. The lowest BCUT2D eigenvalue weighted by atomic mass is 10.0. The van der Waals surface area contributed by atoms with Crippen LogP contribution in [0.1, 0.15) is 328 Å². The summed E-state index contributed by atoms with van der Waals surface area (Å²) in [6.45, 7) is 4.82. The van der Waals surface area contributed by atoms with Gasteiger partial charge in [-0.15, -0.1) is 0 Å². The number of amides is 1. The van der Waals surface area contributed by atoms with Crippen LogP contribution in [-0.4, -0.2) is 73.4 Å². The van der Waals surface area contributed by atoms with Crippen molar-refractivity contribution < 1.29 is 32.9 Å². The predicted octanol–water partition coefficient (Wildman–Crippen LogP) is 21.6. The van der Waals surface area contributed by atoms with E-state index in [4.69, 9.17) is 9.05 Å². The van der Waals surface area contributed by atoms with Crippen molar-refractivity contribution in [2.24, 2.45) is 0 Å². The van der Waals surface area contributed by atoms with E-state index in [9.17, 15) is 19.4 Å². The molecule has 0 spiro atoms. The molecule has 0 aliphatic heterocycles. The first-order chi connectivity index (χ1) is 38.5. The number of aliphatic hydroxyl groups excluding tert-OH is 1. The Morgan fingerprint density at radius 1 is 0.443 bits per heavy atom. The van der Waals surface area contributed by atoms with Gasteiger partial charge in [-0.3, -0.25) is 13.8 Å². The number of likely N-dealkylation sites (N-methyl/N-ethyl adjacent to an activating group) is 1. The van der Waals surface area contributed by atoms with Crippen LogP contribution in [0.3, 0.4) is 0 Å². The fourth-order valence-corrected chi connectivity index (χ4v) is 11.0. The van der Waals surface area contributed by atoms with Gasteiger partial charge in [0.25, 0.3) is 0 Å². The van der Waals surface area contributed by atoms with Gasteiger partial charge in [0.2, 0.25) is 5.91 Å². The second-order valence-electron chi connectivity index (χ2n) is 24.5. The molecular weight excluding hydrogens is 996 g/mol. The Morgan fingerprint density at radius 2 is 0.759 bits per heavy atom. The Balaban J connectivity index is 4.00. The Labute approximate surface area is 492 Å². The summed E-state index contributed by atoms with van der Waals surface area (Å²) in [5.74, 6) is -0.139. The molecule has 0 rings (SSSR count). The molecule has 0 aromatic heterocycles. The lowest BCUT2D eigenvalue weighted by Crippen LogP contribution is -2.46. The summed E-state index contributed by atoms with van der Waals surface area (Å²) in [6, 6.07) is -0.762. The highest BCUT2D eigenvalue weighted by Crippen LogP contribution is 2.43. The van der Waals surface area contributed by atoms with Crippen LogP contribution in [0.15, 0.2) is 60.8 Å². The molecule has 0 saturated carbocycles. The largest absolute Gasteiger partial charge is 0.472 e. The van der Waals surface area contributed by atoms with Gasteiger partial charge in [0, 0.05) is 6.42 Å². The molecule has 0 heterocycles. The van der Waals surface area contributed by atoms with Gasteiger partial charge in [0.1, 0.15) is 13.2 Å². The van der Waals surface area contributed by atoms with E-state index >= 15 is 0 Å². The molecule has 79 heavy (non-hydrogen) atoms. The molecule has 3 unspecified atom stereocenters. The highest BCUT2D eigenvalue weighted by Gasteiger charge is 2.28. The molecular formula is C70H134N2O6P+. The molecule has 8 nitrogen and oxygen atoms in total. The van der Waals surface area contributed by atoms with Crippen molar-refractivity contribution in [1.82, 2.24) is 5.32 Å². The highest BCUT2D eigenvalue weighted by atomic mass is 31.2. The van der Waals surface area contributed by atoms with E-state index in [0.29, 0.717) is 23.9 Å². The summed E-state index contributed by atoms with van der Waals surface area (Å²) < 4.78 is 23.9. The van der Waals surface area contributed by atoms with E-state index < -0.39 is 20.0 Å². The SMILES string of the molecule is CC/C=C\C/C=C\C/C=C\C/C=C\C/C=C\CCCCCCCCCCCCCCCCCCCCCC(=O)NC(COP(=O)(O)OCC[N+](C)(C)C)C(O)CCCCCCCCCCCCCCCCCCCCCCCC. The van der Waals surface area contributed by atoms with Gasteiger partial charge in [-0.25, -0.2) is 4.57 Å². The first-order valence-electron chi connectivity index (χ1n) is 34.2. The minimum atomic E-state index is -4.33. The van der Waals surface area contributed by atoms with E-state index in [1.165, 1.54) is 231 Å². The number of hydrogen-bond acceptors (Lipinski definition) is 5. The maximum atomic E-state index is 13.1. The Hall–Kier alpha value is -1.80. The van der Waals surface area contributed by atoms with Gasteiger partial charge in [0.15, 0.2) is 0 Å². The smallest absolute Gasteiger partial charge is 0.391 e. The molecule has 0 aromatic rings. The lowest BCUT2D eigenvalue weighted by molar-refractivity contribution is -0.870. The standard InChI is InChI=1S/C70H133N2O6P/c1-6-8-10-12-14-16-18-20-22-24-26-28-30-31-32-33-34-35-36-37-38-39-40-41-42-44-46-48-50-52-54-56-58-60-62-64-70(74)71-68(67-78-79(75,76)77-66-65-72(3,4)5)69(73)63-61-59-57-55-53-51-49-47-45-43-29-27-25-23-21-19-17-15-13-11-9-7-2/h8,10,14,16,20,22,26,28,31-32,68-69,73H,6-7,9,11-13,15,17-19,21,23-25,27,29-30,33-67H2,1-5H3,(H-,71,74,75,76)/p+1/b10-8-,16-14-,22-20-,28-26-,32-31-. The van der Waals surface area contributed by atoms with E-state index in [1.807, 2.05) is 21.1 Å². The number of unbranched alkanes of at least 4 members (excludes halogenated alkanes) is 40. The average molecular weight is 1130 g/mol.